The Hall–Kier alpha value is -3.92. The van der Waals surface area contributed by atoms with Crippen molar-refractivity contribution in [2.45, 2.75) is 69.1 Å². The Balaban J connectivity index is 1.04. The van der Waals surface area contributed by atoms with Crippen LogP contribution in [0.5, 0.6) is 0 Å². The van der Waals surface area contributed by atoms with Gasteiger partial charge in [-0.25, -0.2) is 9.37 Å². The van der Waals surface area contributed by atoms with Crippen molar-refractivity contribution in [3.05, 3.63) is 66.1 Å². The van der Waals surface area contributed by atoms with Crippen LogP contribution in [0.2, 0.25) is 5.82 Å². The fourth-order valence-corrected chi connectivity index (χ4v) is 8.14. The molecule has 10 heteroatoms. The molecule has 4 aromatic rings. The Kier molecular flexibility index (Phi) is 7.25. The predicted octanol–water partition coefficient (Wildman–Crippen LogP) is 5.38. The fourth-order valence-electron chi connectivity index (χ4n) is 8.14. The van der Waals surface area contributed by atoms with Gasteiger partial charge in [0.1, 0.15) is 5.82 Å². The molecule has 0 amide bonds. The van der Waals surface area contributed by atoms with Gasteiger partial charge >= 0.3 is 0 Å². The first-order valence-electron chi connectivity index (χ1n) is 16.5. The molecular weight excluding hydrogens is 550 g/mol. The Bertz CT molecular complexity index is 1640. The number of anilines is 4. The van der Waals surface area contributed by atoms with Crippen molar-refractivity contribution < 1.29 is 4.39 Å². The van der Waals surface area contributed by atoms with Crippen molar-refractivity contribution in [2.75, 3.05) is 42.1 Å². The summed E-state index contributed by atoms with van der Waals surface area (Å²) in [7, 11) is 1.07. The van der Waals surface area contributed by atoms with Gasteiger partial charge in [-0.2, -0.15) is 9.67 Å². The fraction of sp³-hybridized carbons (Fsp3) is 0.441. The SMILES string of the molecule is Nc1nc(Nc2ccc(N3CCC(N4CCCC4)CC3)c(F)c2)nn1-c1cc(-c2ccccc2)c2c(n1)C1CCC(B2)CC1. The lowest BCUT2D eigenvalue weighted by atomic mass is 9.56. The number of nitrogens with two attached hydrogens (primary N) is 1. The molecule has 226 valence electrons. The van der Waals surface area contributed by atoms with Gasteiger partial charge < -0.3 is 20.9 Å². The molecule has 44 heavy (non-hydrogen) atoms. The van der Waals surface area contributed by atoms with Crippen LogP contribution in [0.25, 0.3) is 16.9 Å². The number of nitrogens with zero attached hydrogens (tertiary/aromatic N) is 6. The van der Waals surface area contributed by atoms with Crippen LogP contribution in [0.1, 0.15) is 63.0 Å². The van der Waals surface area contributed by atoms with Gasteiger partial charge in [0.2, 0.25) is 11.9 Å². The van der Waals surface area contributed by atoms with E-state index in [-0.39, 0.29) is 11.8 Å². The van der Waals surface area contributed by atoms with Crippen molar-refractivity contribution in [3.8, 4) is 16.9 Å². The number of pyridine rings is 1. The van der Waals surface area contributed by atoms with Gasteiger partial charge in [-0.05, 0) is 87.0 Å². The number of hydrogen-bond acceptors (Lipinski definition) is 7. The summed E-state index contributed by atoms with van der Waals surface area (Å²) in [5.74, 6) is 2.18. The number of piperidine rings is 1. The van der Waals surface area contributed by atoms with E-state index in [1.807, 2.05) is 18.2 Å². The highest BCUT2D eigenvalue weighted by molar-refractivity contribution is 6.58. The summed E-state index contributed by atoms with van der Waals surface area (Å²) in [4.78, 5) is 14.5. The summed E-state index contributed by atoms with van der Waals surface area (Å²) < 4.78 is 17.0. The second-order valence-corrected chi connectivity index (χ2v) is 13.1. The summed E-state index contributed by atoms with van der Waals surface area (Å²) in [5, 5.41) is 7.88. The number of benzene rings is 2. The van der Waals surface area contributed by atoms with Gasteiger partial charge in [-0.1, -0.05) is 54.5 Å². The van der Waals surface area contributed by atoms with Gasteiger partial charge in [0.05, 0.1) is 5.69 Å². The average molecular weight is 591 g/mol. The number of aromatic nitrogens is 4. The lowest BCUT2D eigenvalue weighted by molar-refractivity contribution is 0.207. The molecule has 3 fully saturated rings. The van der Waals surface area contributed by atoms with Crippen LogP contribution in [0, 0.1) is 5.82 Å². The molecule has 9 rings (SSSR count). The van der Waals surface area contributed by atoms with E-state index in [4.69, 9.17) is 15.8 Å². The molecule has 0 radical (unpaired) electrons. The van der Waals surface area contributed by atoms with Crippen molar-refractivity contribution in [1.82, 2.24) is 24.6 Å². The summed E-state index contributed by atoms with van der Waals surface area (Å²) in [6.07, 6.45) is 9.67. The Morgan fingerprint density at radius 1 is 0.864 bits per heavy atom. The van der Waals surface area contributed by atoms with E-state index in [1.54, 1.807) is 4.68 Å². The summed E-state index contributed by atoms with van der Waals surface area (Å²) >= 11 is 0. The number of nitrogen functional groups attached to an aromatic ring is 1. The smallest absolute Gasteiger partial charge is 0.248 e. The van der Waals surface area contributed by atoms with E-state index in [2.05, 4.69) is 50.4 Å². The maximum atomic E-state index is 15.4. The van der Waals surface area contributed by atoms with Gasteiger partial charge in [0.15, 0.2) is 13.1 Å². The first-order valence-corrected chi connectivity index (χ1v) is 16.5. The Morgan fingerprint density at radius 3 is 2.39 bits per heavy atom. The second kappa shape index (κ2) is 11.5. The third kappa shape index (κ3) is 5.23. The number of halogens is 1. The molecule has 8 nitrogen and oxygen atoms in total. The third-order valence-electron chi connectivity index (χ3n) is 10.5. The maximum absolute atomic E-state index is 15.4. The van der Waals surface area contributed by atoms with Crippen molar-refractivity contribution >= 4 is 36.0 Å². The standard InChI is InChI=1S/C34H40BFN8/c36-28-20-25(12-13-29(28)43-18-14-26(15-19-43)42-16-4-5-17-42)38-34-40-33(37)44(41-34)30-21-27(22-6-2-1-3-7-22)31-32(39-30)23-8-10-24(35-31)11-9-23/h1-3,6-7,12-13,20-21,23-24,26,35H,4-5,8-11,14-19H2,(H3,37,38,40,41). The minimum absolute atomic E-state index is 0.239. The maximum Gasteiger partial charge on any atom is 0.248 e. The highest BCUT2D eigenvalue weighted by Gasteiger charge is 2.34. The molecule has 2 bridgehead atoms. The largest absolute Gasteiger partial charge is 0.369 e. The minimum Gasteiger partial charge on any atom is -0.369 e. The lowest BCUT2D eigenvalue weighted by Crippen LogP contribution is -2.44. The van der Waals surface area contributed by atoms with E-state index in [0.29, 0.717) is 35.1 Å². The quantitative estimate of drug-likeness (QED) is 0.292. The molecule has 4 aliphatic heterocycles. The average Bonchev–Trinajstić information content (AvgIpc) is 3.64. The van der Waals surface area contributed by atoms with Crippen LogP contribution >= 0.6 is 0 Å². The van der Waals surface area contributed by atoms with Gasteiger partial charge in [0, 0.05) is 36.4 Å². The molecule has 6 heterocycles. The molecule has 2 aromatic carbocycles. The van der Waals surface area contributed by atoms with E-state index in [1.165, 1.54) is 80.0 Å². The second-order valence-electron chi connectivity index (χ2n) is 13.1. The Morgan fingerprint density at radius 2 is 1.64 bits per heavy atom. The number of hydrogen-bond donors (Lipinski definition) is 2. The normalized spacial score (nSPS) is 22.1. The first-order chi connectivity index (χ1) is 21.6. The third-order valence-corrected chi connectivity index (χ3v) is 10.5. The van der Waals surface area contributed by atoms with Crippen LogP contribution in [-0.2, 0) is 0 Å². The van der Waals surface area contributed by atoms with Gasteiger partial charge in [-0.3, -0.25) is 0 Å². The van der Waals surface area contributed by atoms with Gasteiger partial charge in [0.25, 0.3) is 0 Å². The zero-order valence-electron chi connectivity index (χ0n) is 25.3. The summed E-state index contributed by atoms with van der Waals surface area (Å²) in [5.41, 5.74) is 12.6. The molecule has 1 aliphatic carbocycles. The summed E-state index contributed by atoms with van der Waals surface area (Å²) in [6, 6.07) is 18.6. The van der Waals surface area contributed by atoms with Crippen molar-refractivity contribution in [3.63, 3.8) is 0 Å². The van der Waals surface area contributed by atoms with E-state index in [0.717, 1.165) is 39.0 Å². The molecule has 5 aliphatic rings. The summed E-state index contributed by atoms with van der Waals surface area (Å²) in [6.45, 7) is 4.19. The van der Waals surface area contributed by atoms with E-state index < -0.39 is 0 Å². The highest BCUT2D eigenvalue weighted by Crippen LogP contribution is 2.42. The molecule has 2 saturated heterocycles. The number of likely N-dealkylation sites (tertiary alicyclic amines) is 1. The van der Waals surface area contributed by atoms with E-state index in [9.17, 15) is 0 Å². The van der Waals surface area contributed by atoms with Crippen LogP contribution in [0.3, 0.4) is 0 Å². The molecule has 0 spiro atoms. The van der Waals surface area contributed by atoms with Crippen molar-refractivity contribution in [1.29, 1.82) is 0 Å². The van der Waals surface area contributed by atoms with Gasteiger partial charge in [-0.15, -0.1) is 5.10 Å². The number of nitrogens with one attached hydrogen (secondary N) is 1. The molecular formula is C34H40BFN8. The first kappa shape index (κ1) is 27.6. The lowest BCUT2D eigenvalue weighted by Gasteiger charge is -2.37. The molecule has 0 atom stereocenters. The number of rotatable bonds is 6. The predicted molar refractivity (Wildman–Crippen MR) is 176 cm³/mol. The van der Waals surface area contributed by atoms with E-state index >= 15 is 4.39 Å². The van der Waals surface area contributed by atoms with Crippen LogP contribution in [0.15, 0.2) is 54.6 Å². The topological polar surface area (TPSA) is 88.1 Å². The minimum atomic E-state index is -0.239. The monoisotopic (exact) mass is 590 g/mol. The molecule has 1 saturated carbocycles. The van der Waals surface area contributed by atoms with Crippen LogP contribution in [0.4, 0.5) is 27.7 Å². The molecule has 3 N–H and O–H groups in total. The number of fused-ring (bicyclic) bond motifs is 2. The molecule has 2 aromatic heterocycles. The Labute approximate surface area is 259 Å². The zero-order chi connectivity index (χ0) is 29.6. The zero-order valence-corrected chi connectivity index (χ0v) is 25.3. The van der Waals surface area contributed by atoms with Crippen molar-refractivity contribution in [2.24, 2.45) is 0 Å². The van der Waals surface area contributed by atoms with Crippen LogP contribution < -0.4 is 21.4 Å². The van der Waals surface area contributed by atoms with Crippen LogP contribution in [-0.4, -0.2) is 64.1 Å². The molecule has 0 unspecified atom stereocenters. The highest BCUT2D eigenvalue weighted by atomic mass is 19.1.